The standard InChI is InChI=1S/C18H14F2IN3O2/c19-14-7-12(21)4-6-15(14)23-17-13(5-3-11(8-22)16(17)20)18(25)24-26-9-10-1-2-10/h3-7,10,23H,1-2,9H2,(H,24,25). The summed E-state index contributed by atoms with van der Waals surface area (Å²) in [7, 11) is 0. The van der Waals surface area contributed by atoms with E-state index in [1.54, 1.807) is 12.1 Å². The summed E-state index contributed by atoms with van der Waals surface area (Å²) in [5.41, 5.74) is 1.63. The first kappa shape index (κ1) is 18.5. The fraction of sp³-hybridized carbons (Fsp3) is 0.222. The Morgan fingerprint density at radius 2 is 2.08 bits per heavy atom. The number of nitrogens with one attached hydrogen (secondary N) is 2. The smallest absolute Gasteiger partial charge is 0.277 e. The quantitative estimate of drug-likeness (QED) is 0.490. The monoisotopic (exact) mass is 469 g/mol. The number of hydroxylamine groups is 1. The number of hydrogen-bond acceptors (Lipinski definition) is 4. The van der Waals surface area contributed by atoms with Gasteiger partial charge in [0.25, 0.3) is 5.91 Å². The molecule has 1 fully saturated rings. The Kier molecular flexibility index (Phi) is 5.68. The maximum Gasteiger partial charge on any atom is 0.277 e. The van der Waals surface area contributed by atoms with E-state index in [4.69, 9.17) is 10.1 Å². The Hall–Kier alpha value is -2.25. The highest BCUT2D eigenvalue weighted by Gasteiger charge is 2.23. The van der Waals surface area contributed by atoms with Crippen molar-refractivity contribution in [3.63, 3.8) is 0 Å². The third-order valence-electron chi connectivity index (χ3n) is 3.88. The number of hydrogen-bond donors (Lipinski definition) is 2. The van der Waals surface area contributed by atoms with Crippen LogP contribution in [0.3, 0.4) is 0 Å². The molecule has 3 rings (SSSR count). The second-order valence-electron chi connectivity index (χ2n) is 5.90. The summed E-state index contributed by atoms with van der Waals surface area (Å²) in [6, 6.07) is 8.53. The van der Waals surface area contributed by atoms with E-state index in [1.165, 1.54) is 24.3 Å². The normalized spacial score (nSPS) is 13.2. The summed E-state index contributed by atoms with van der Waals surface area (Å²) >= 11 is 1.95. The lowest BCUT2D eigenvalue weighted by Gasteiger charge is -2.14. The highest BCUT2D eigenvalue weighted by Crippen LogP contribution is 2.30. The summed E-state index contributed by atoms with van der Waals surface area (Å²) in [5, 5.41) is 11.6. The van der Waals surface area contributed by atoms with Gasteiger partial charge >= 0.3 is 0 Å². The van der Waals surface area contributed by atoms with Crippen molar-refractivity contribution in [2.75, 3.05) is 11.9 Å². The predicted octanol–water partition coefficient (Wildman–Crippen LogP) is 4.26. The molecular weight excluding hydrogens is 455 g/mol. The molecule has 0 bridgehead atoms. The number of rotatable bonds is 6. The molecule has 0 aromatic heterocycles. The molecule has 0 unspecified atom stereocenters. The molecule has 0 saturated heterocycles. The van der Waals surface area contributed by atoms with Crippen LogP contribution in [0.4, 0.5) is 20.2 Å². The fourth-order valence-corrected chi connectivity index (χ4v) is 2.72. The van der Waals surface area contributed by atoms with Crippen molar-refractivity contribution in [2.45, 2.75) is 12.8 Å². The van der Waals surface area contributed by atoms with Crippen LogP contribution in [0.25, 0.3) is 0 Å². The van der Waals surface area contributed by atoms with Gasteiger partial charge in [0, 0.05) is 3.57 Å². The van der Waals surface area contributed by atoms with Crippen LogP contribution in [0.2, 0.25) is 0 Å². The second-order valence-corrected chi connectivity index (χ2v) is 7.14. The van der Waals surface area contributed by atoms with Gasteiger partial charge in [-0.05, 0) is 71.7 Å². The van der Waals surface area contributed by atoms with Gasteiger partial charge in [0.05, 0.1) is 29.1 Å². The van der Waals surface area contributed by atoms with Crippen LogP contribution in [-0.4, -0.2) is 12.5 Å². The van der Waals surface area contributed by atoms with Crippen molar-refractivity contribution in [3.8, 4) is 6.07 Å². The summed E-state index contributed by atoms with van der Waals surface area (Å²) < 4.78 is 29.4. The summed E-state index contributed by atoms with van der Waals surface area (Å²) in [6.45, 7) is 0.388. The molecule has 0 heterocycles. The lowest BCUT2D eigenvalue weighted by Crippen LogP contribution is -2.26. The summed E-state index contributed by atoms with van der Waals surface area (Å²) in [4.78, 5) is 17.5. The van der Waals surface area contributed by atoms with Crippen LogP contribution in [0, 0.1) is 32.5 Å². The minimum atomic E-state index is -0.930. The molecule has 26 heavy (non-hydrogen) atoms. The van der Waals surface area contributed by atoms with Crippen LogP contribution in [0.1, 0.15) is 28.8 Å². The van der Waals surface area contributed by atoms with Crippen LogP contribution in [-0.2, 0) is 4.84 Å². The molecule has 2 N–H and O–H groups in total. The van der Waals surface area contributed by atoms with Crippen LogP contribution < -0.4 is 10.8 Å². The molecule has 5 nitrogen and oxygen atoms in total. The molecule has 0 radical (unpaired) electrons. The first-order valence-corrected chi connectivity index (χ1v) is 8.94. The van der Waals surface area contributed by atoms with Crippen molar-refractivity contribution in [3.05, 3.63) is 56.7 Å². The van der Waals surface area contributed by atoms with Crippen molar-refractivity contribution in [2.24, 2.45) is 5.92 Å². The predicted molar refractivity (Wildman–Crippen MR) is 99.7 cm³/mol. The van der Waals surface area contributed by atoms with Gasteiger partial charge in [-0.1, -0.05) is 0 Å². The summed E-state index contributed by atoms with van der Waals surface area (Å²) in [5.74, 6) is -1.77. The van der Waals surface area contributed by atoms with E-state index >= 15 is 0 Å². The van der Waals surface area contributed by atoms with Crippen molar-refractivity contribution < 1.29 is 18.4 Å². The van der Waals surface area contributed by atoms with E-state index in [9.17, 15) is 13.6 Å². The highest BCUT2D eigenvalue weighted by atomic mass is 127. The van der Waals surface area contributed by atoms with E-state index in [1.807, 2.05) is 22.6 Å². The van der Waals surface area contributed by atoms with Gasteiger partial charge in [0.1, 0.15) is 11.9 Å². The minimum Gasteiger partial charge on any atom is -0.350 e. The zero-order chi connectivity index (χ0) is 18.7. The maximum absolute atomic E-state index is 14.6. The lowest BCUT2D eigenvalue weighted by atomic mass is 10.1. The lowest BCUT2D eigenvalue weighted by molar-refractivity contribution is 0.0271. The van der Waals surface area contributed by atoms with Gasteiger partial charge in [0.2, 0.25) is 0 Å². The maximum atomic E-state index is 14.6. The molecule has 2 aromatic rings. The molecule has 1 aliphatic carbocycles. The molecule has 0 aliphatic heterocycles. The van der Waals surface area contributed by atoms with Crippen molar-refractivity contribution >= 4 is 39.9 Å². The molecule has 0 atom stereocenters. The fourth-order valence-electron chi connectivity index (χ4n) is 2.26. The average molecular weight is 469 g/mol. The highest BCUT2D eigenvalue weighted by molar-refractivity contribution is 14.1. The number of halogens is 3. The van der Waals surface area contributed by atoms with E-state index in [2.05, 4.69) is 10.8 Å². The summed E-state index contributed by atoms with van der Waals surface area (Å²) in [6.07, 6.45) is 2.11. The number of amides is 1. The zero-order valence-corrected chi connectivity index (χ0v) is 15.6. The number of nitrogens with zero attached hydrogens (tertiary/aromatic N) is 1. The van der Waals surface area contributed by atoms with Gasteiger partial charge in [0.15, 0.2) is 5.82 Å². The van der Waals surface area contributed by atoms with Crippen LogP contribution >= 0.6 is 22.6 Å². The first-order valence-electron chi connectivity index (χ1n) is 7.86. The van der Waals surface area contributed by atoms with Crippen LogP contribution in [0.15, 0.2) is 30.3 Å². The third kappa shape index (κ3) is 4.28. The van der Waals surface area contributed by atoms with Gasteiger partial charge in [-0.3, -0.25) is 9.63 Å². The molecule has 1 aliphatic rings. The average Bonchev–Trinajstić information content (AvgIpc) is 3.43. The molecule has 134 valence electrons. The number of carbonyl (C=O) groups excluding carboxylic acids is 1. The number of nitriles is 1. The van der Waals surface area contributed by atoms with E-state index in [-0.39, 0.29) is 22.5 Å². The Morgan fingerprint density at radius 3 is 2.73 bits per heavy atom. The Balaban J connectivity index is 1.89. The van der Waals surface area contributed by atoms with Crippen molar-refractivity contribution in [1.82, 2.24) is 5.48 Å². The molecule has 1 amide bonds. The van der Waals surface area contributed by atoms with Crippen molar-refractivity contribution in [1.29, 1.82) is 5.26 Å². The number of benzene rings is 2. The third-order valence-corrected chi connectivity index (χ3v) is 4.55. The van der Waals surface area contributed by atoms with Gasteiger partial charge in [-0.2, -0.15) is 5.26 Å². The zero-order valence-electron chi connectivity index (χ0n) is 13.5. The first-order chi connectivity index (χ1) is 12.5. The number of carbonyl (C=O) groups is 1. The van der Waals surface area contributed by atoms with Gasteiger partial charge < -0.3 is 5.32 Å². The molecular formula is C18H14F2IN3O2. The molecule has 0 spiro atoms. The number of anilines is 2. The SMILES string of the molecule is N#Cc1ccc(C(=O)NOCC2CC2)c(Nc2ccc(I)cc2F)c1F. The largest absolute Gasteiger partial charge is 0.350 e. The molecule has 8 heteroatoms. The molecule has 1 saturated carbocycles. The van der Waals surface area contributed by atoms with E-state index in [0.717, 1.165) is 12.8 Å². The van der Waals surface area contributed by atoms with Gasteiger partial charge in [-0.25, -0.2) is 14.3 Å². The van der Waals surface area contributed by atoms with E-state index in [0.29, 0.717) is 16.1 Å². The molecule has 2 aromatic carbocycles. The van der Waals surface area contributed by atoms with E-state index < -0.39 is 17.5 Å². The topological polar surface area (TPSA) is 74.2 Å². The minimum absolute atomic E-state index is 0.00708. The Morgan fingerprint density at radius 1 is 1.31 bits per heavy atom. The Labute approximate surface area is 162 Å². The van der Waals surface area contributed by atoms with Crippen LogP contribution in [0.5, 0.6) is 0 Å². The van der Waals surface area contributed by atoms with Gasteiger partial charge in [-0.15, -0.1) is 0 Å². The Bertz CT molecular complexity index is 895. The second kappa shape index (κ2) is 7.97.